The molecule has 0 aromatic heterocycles. The standard InChI is InChI=1S/C13H18FN3O/c1-9-6-11(14)3-2-10(9)7-17-4-5-18-12(8-17)13(15)16/h2-3,6,12H,4-5,7-8H2,1H3,(H3,15,16). The predicted molar refractivity (Wildman–Crippen MR) is 68.1 cm³/mol. The van der Waals surface area contributed by atoms with E-state index in [4.69, 9.17) is 15.9 Å². The molecule has 1 unspecified atom stereocenters. The molecule has 1 saturated heterocycles. The van der Waals surface area contributed by atoms with Gasteiger partial charge in [-0.25, -0.2) is 4.39 Å². The first kappa shape index (κ1) is 13.0. The molecule has 2 rings (SSSR count). The lowest BCUT2D eigenvalue weighted by molar-refractivity contribution is 0.00229. The monoisotopic (exact) mass is 251 g/mol. The van der Waals surface area contributed by atoms with Gasteiger partial charge in [0.1, 0.15) is 17.8 Å². The number of nitrogens with zero attached hydrogens (tertiary/aromatic N) is 1. The highest BCUT2D eigenvalue weighted by molar-refractivity contribution is 5.82. The lowest BCUT2D eigenvalue weighted by atomic mass is 10.1. The summed E-state index contributed by atoms with van der Waals surface area (Å²) < 4.78 is 18.4. The first-order valence-corrected chi connectivity index (χ1v) is 5.99. The molecule has 0 aliphatic carbocycles. The summed E-state index contributed by atoms with van der Waals surface area (Å²) in [4.78, 5) is 2.18. The Kier molecular flexibility index (Phi) is 3.93. The molecule has 1 atom stereocenters. The van der Waals surface area contributed by atoms with E-state index in [0.29, 0.717) is 13.2 Å². The minimum atomic E-state index is -0.320. The van der Waals surface area contributed by atoms with Gasteiger partial charge in [-0.1, -0.05) is 6.07 Å². The van der Waals surface area contributed by atoms with Crippen molar-refractivity contribution in [1.82, 2.24) is 4.90 Å². The quantitative estimate of drug-likeness (QED) is 0.628. The fraction of sp³-hybridized carbons (Fsp3) is 0.462. The van der Waals surface area contributed by atoms with Gasteiger partial charge in [-0.05, 0) is 30.2 Å². The van der Waals surface area contributed by atoms with E-state index in [1.54, 1.807) is 0 Å². The summed E-state index contributed by atoms with van der Waals surface area (Å²) in [6.07, 6.45) is -0.320. The van der Waals surface area contributed by atoms with E-state index in [0.717, 1.165) is 24.2 Å². The number of benzene rings is 1. The molecule has 3 N–H and O–H groups in total. The van der Waals surface area contributed by atoms with Crippen molar-refractivity contribution >= 4 is 5.84 Å². The predicted octanol–water partition coefficient (Wildman–Crippen LogP) is 1.27. The van der Waals surface area contributed by atoms with Crippen LogP contribution >= 0.6 is 0 Å². The van der Waals surface area contributed by atoms with Crippen molar-refractivity contribution in [2.75, 3.05) is 19.7 Å². The van der Waals surface area contributed by atoms with Crippen LogP contribution in [0.4, 0.5) is 4.39 Å². The zero-order chi connectivity index (χ0) is 13.1. The summed E-state index contributed by atoms with van der Waals surface area (Å²) in [5.41, 5.74) is 7.50. The number of rotatable bonds is 3. The Morgan fingerprint density at radius 3 is 3.06 bits per heavy atom. The number of ether oxygens (including phenoxy) is 1. The maximum absolute atomic E-state index is 13.0. The molecule has 1 aliphatic heterocycles. The maximum Gasteiger partial charge on any atom is 0.127 e. The summed E-state index contributed by atoms with van der Waals surface area (Å²) in [7, 11) is 0. The van der Waals surface area contributed by atoms with Crippen LogP contribution in [0.2, 0.25) is 0 Å². The minimum Gasteiger partial charge on any atom is -0.385 e. The van der Waals surface area contributed by atoms with E-state index in [-0.39, 0.29) is 17.8 Å². The number of halogens is 1. The molecule has 1 aliphatic rings. The SMILES string of the molecule is Cc1cc(F)ccc1CN1CCOC(C(=N)N)C1. The van der Waals surface area contributed by atoms with Crippen LogP contribution in [-0.4, -0.2) is 36.5 Å². The van der Waals surface area contributed by atoms with E-state index in [1.165, 1.54) is 12.1 Å². The van der Waals surface area contributed by atoms with Crippen LogP contribution in [0.3, 0.4) is 0 Å². The van der Waals surface area contributed by atoms with Crippen molar-refractivity contribution in [1.29, 1.82) is 5.41 Å². The van der Waals surface area contributed by atoms with Crippen molar-refractivity contribution in [3.8, 4) is 0 Å². The van der Waals surface area contributed by atoms with E-state index >= 15 is 0 Å². The number of morpholine rings is 1. The second-order valence-electron chi connectivity index (χ2n) is 4.62. The minimum absolute atomic E-state index is 0.0653. The molecular weight excluding hydrogens is 233 g/mol. The van der Waals surface area contributed by atoms with Gasteiger partial charge >= 0.3 is 0 Å². The Morgan fingerprint density at radius 1 is 1.61 bits per heavy atom. The number of nitrogens with two attached hydrogens (primary N) is 1. The summed E-state index contributed by atoms with van der Waals surface area (Å²) >= 11 is 0. The molecule has 0 radical (unpaired) electrons. The molecule has 0 saturated carbocycles. The third-order valence-electron chi connectivity index (χ3n) is 3.20. The number of hydrogen-bond donors (Lipinski definition) is 2. The highest BCUT2D eigenvalue weighted by Crippen LogP contribution is 2.15. The molecule has 1 aromatic carbocycles. The largest absolute Gasteiger partial charge is 0.385 e. The molecule has 18 heavy (non-hydrogen) atoms. The molecule has 1 fully saturated rings. The van der Waals surface area contributed by atoms with Gasteiger partial charge in [0, 0.05) is 19.6 Å². The Labute approximate surface area is 106 Å². The Hall–Kier alpha value is -1.46. The van der Waals surface area contributed by atoms with Crippen LogP contribution in [0.15, 0.2) is 18.2 Å². The Bertz CT molecular complexity index is 450. The van der Waals surface area contributed by atoms with Crippen LogP contribution < -0.4 is 5.73 Å². The third-order valence-corrected chi connectivity index (χ3v) is 3.20. The van der Waals surface area contributed by atoms with E-state index < -0.39 is 0 Å². The van der Waals surface area contributed by atoms with Crippen LogP contribution in [0.5, 0.6) is 0 Å². The van der Waals surface area contributed by atoms with Crippen molar-refractivity contribution < 1.29 is 9.13 Å². The summed E-state index contributed by atoms with van der Waals surface area (Å²) in [5.74, 6) is -0.143. The zero-order valence-corrected chi connectivity index (χ0v) is 10.4. The molecule has 4 nitrogen and oxygen atoms in total. The fourth-order valence-corrected chi connectivity index (χ4v) is 2.11. The summed E-state index contributed by atoms with van der Waals surface area (Å²) in [6.45, 7) is 4.64. The number of amidine groups is 1. The van der Waals surface area contributed by atoms with Crippen molar-refractivity contribution in [3.05, 3.63) is 35.1 Å². The molecule has 5 heteroatoms. The van der Waals surface area contributed by atoms with Gasteiger partial charge in [0.2, 0.25) is 0 Å². The normalized spacial score (nSPS) is 20.9. The molecule has 0 spiro atoms. The highest BCUT2D eigenvalue weighted by atomic mass is 19.1. The van der Waals surface area contributed by atoms with Crippen molar-refractivity contribution in [3.63, 3.8) is 0 Å². The molecule has 1 aromatic rings. The van der Waals surface area contributed by atoms with Crippen LogP contribution in [0, 0.1) is 18.2 Å². The lowest BCUT2D eigenvalue weighted by Gasteiger charge is -2.32. The molecular formula is C13H18FN3O. The molecule has 98 valence electrons. The highest BCUT2D eigenvalue weighted by Gasteiger charge is 2.22. The number of hydrogen-bond acceptors (Lipinski definition) is 3. The van der Waals surface area contributed by atoms with Gasteiger partial charge in [-0.2, -0.15) is 0 Å². The van der Waals surface area contributed by atoms with Gasteiger partial charge in [0.05, 0.1) is 6.61 Å². The van der Waals surface area contributed by atoms with Gasteiger partial charge in [0.25, 0.3) is 0 Å². The molecule has 1 heterocycles. The first-order chi connectivity index (χ1) is 8.56. The lowest BCUT2D eigenvalue weighted by Crippen LogP contribution is -2.47. The van der Waals surface area contributed by atoms with E-state index in [2.05, 4.69) is 4.90 Å². The van der Waals surface area contributed by atoms with Crippen molar-refractivity contribution in [2.24, 2.45) is 5.73 Å². The van der Waals surface area contributed by atoms with Gasteiger partial charge in [-0.15, -0.1) is 0 Å². The molecule has 0 amide bonds. The van der Waals surface area contributed by atoms with Crippen LogP contribution in [0.1, 0.15) is 11.1 Å². The van der Waals surface area contributed by atoms with E-state index in [9.17, 15) is 4.39 Å². The average molecular weight is 251 g/mol. The second kappa shape index (κ2) is 5.46. The van der Waals surface area contributed by atoms with Gasteiger partial charge < -0.3 is 10.5 Å². The number of aryl methyl sites for hydroxylation is 1. The topological polar surface area (TPSA) is 62.3 Å². The van der Waals surface area contributed by atoms with Gasteiger partial charge in [0.15, 0.2) is 0 Å². The third kappa shape index (κ3) is 3.05. The van der Waals surface area contributed by atoms with Crippen molar-refractivity contribution in [2.45, 2.75) is 19.6 Å². The smallest absolute Gasteiger partial charge is 0.127 e. The first-order valence-electron chi connectivity index (χ1n) is 5.99. The van der Waals surface area contributed by atoms with Crippen LogP contribution in [0.25, 0.3) is 0 Å². The van der Waals surface area contributed by atoms with Gasteiger partial charge in [-0.3, -0.25) is 10.3 Å². The number of nitrogens with one attached hydrogen (secondary N) is 1. The fourth-order valence-electron chi connectivity index (χ4n) is 2.11. The average Bonchev–Trinajstić information content (AvgIpc) is 2.33. The summed E-state index contributed by atoms with van der Waals surface area (Å²) in [5, 5.41) is 7.41. The maximum atomic E-state index is 13.0. The van der Waals surface area contributed by atoms with E-state index in [1.807, 2.05) is 13.0 Å². The zero-order valence-electron chi connectivity index (χ0n) is 10.4. The van der Waals surface area contributed by atoms with Crippen LogP contribution in [-0.2, 0) is 11.3 Å². The summed E-state index contributed by atoms with van der Waals surface area (Å²) in [6, 6.07) is 4.83. The molecule has 0 bridgehead atoms. The Morgan fingerprint density at radius 2 is 2.39 bits per heavy atom. The Balaban J connectivity index is 2.02. The second-order valence-corrected chi connectivity index (χ2v) is 4.62.